The van der Waals surface area contributed by atoms with Crippen molar-refractivity contribution < 1.29 is 9.90 Å². The van der Waals surface area contributed by atoms with Gasteiger partial charge in [0.15, 0.2) is 0 Å². The normalized spacial score (nSPS) is 22.4. The second kappa shape index (κ2) is 6.68. The van der Waals surface area contributed by atoms with Gasteiger partial charge in [0.25, 0.3) is 5.91 Å². The van der Waals surface area contributed by atoms with Gasteiger partial charge in [0.05, 0.1) is 6.10 Å². The molecule has 1 aliphatic rings. The number of aliphatic hydroxyl groups is 1. The summed E-state index contributed by atoms with van der Waals surface area (Å²) < 4.78 is 0. The fourth-order valence-electron chi connectivity index (χ4n) is 2.58. The Labute approximate surface area is 114 Å². The van der Waals surface area contributed by atoms with E-state index in [1.807, 2.05) is 24.3 Å². The summed E-state index contributed by atoms with van der Waals surface area (Å²) in [6.07, 6.45) is 3.05. The largest absolute Gasteiger partial charge is 0.393 e. The molecule has 2 unspecified atom stereocenters. The van der Waals surface area contributed by atoms with E-state index >= 15 is 0 Å². The van der Waals surface area contributed by atoms with Crippen LogP contribution in [0.25, 0.3) is 0 Å². The van der Waals surface area contributed by atoms with Crippen LogP contribution in [0.2, 0.25) is 0 Å². The van der Waals surface area contributed by atoms with Crippen LogP contribution >= 0.6 is 0 Å². The van der Waals surface area contributed by atoms with Crippen LogP contribution in [-0.4, -0.2) is 30.7 Å². The monoisotopic (exact) mass is 262 g/mol. The zero-order valence-corrected chi connectivity index (χ0v) is 11.4. The van der Waals surface area contributed by atoms with Crippen LogP contribution in [-0.2, 0) is 6.54 Å². The highest BCUT2D eigenvalue weighted by molar-refractivity contribution is 5.93. The van der Waals surface area contributed by atoms with Gasteiger partial charge in [-0.25, -0.2) is 0 Å². The minimum absolute atomic E-state index is 0.0615. The molecule has 0 spiro atoms. The maximum Gasteiger partial charge on any atom is 0.251 e. The van der Waals surface area contributed by atoms with E-state index in [9.17, 15) is 9.90 Å². The molecule has 0 heterocycles. The van der Waals surface area contributed by atoms with Crippen LogP contribution in [0.1, 0.15) is 35.2 Å². The molecule has 1 saturated carbocycles. The first-order chi connectivity index (χ1) is 9.20. The Morgan fingerprint density at radius 1 is 1.32 bits per heavy atom. The van der Waals surface area contributed by atoms with Crippen LogP contribution in [0.5, 0.6) is 0 Å². The lowest BCUT2D eigenvalue weighted by Gasteiger charge is -2.15. The molecule has 0 saturated heterocycles. The van der Waals surface area contributed by atoms with Gasteiger partial charge in [-0.1, -0.05) is 18.6 Å². The fraction of sp³-hybridized carbons (Fsp3) is 0.533. The van der Waals surface area contributed by atoms with Crippen LogP contribution in [0.4, 0.5) is 0 Å². The minimum Gasteiger partial charge on any atom is -0.393 e. The molecule has 1 aromatic rings. The molecule has 3 N–H and O–H groups in total. The van der Waals surface area contributed by atoms with Gasteiger partial charge in [-0.05, 0) is 36.5 Å². The second-order valence-electron chi connectivity index (χ2n) is 5.17. The van der Waals surface area contributed by atoms with E-state index in [0.29, 0.717) is 11.5 Å². The molecule has 2 atom stereocenters. The van der Waals surface area contributed by atoms with Gasteiger partial charge in [-0.3, -0.25) is 4.79 Å². The molecule has 4 heteroatoms. The molecule has 1 amide bonds. The van der Waals surface area contributed by atoms with Crippen molar-refractivity contribution in [2.24, 2.45) is 5.92 Å². The maximum absolute atomic E-state index is 11.4. The average molecular weight is 262 g/mol. The van der Waals surface area contributed by atoms with Crippen molar-refractivity contribution in [3.05, 3.63) is 35.4 Å². The number of carbonyl (C=O) groups is 1. The minimum atomic E-state index is -0.136. The van der Waals surface area contributed by atoms with Gasteiger partial charge >= 0.3 is 0 Å². The quantitative estimate of drug-likeness (QED) is 0.749. The standard InChI is InChI=1S/C15H22N2O2/c1-16-15(19)12-7-5-11(6-8-12)9-17-10-13-3-2-4-14(13)18/h5-8,13-14,17-18H,2-4,9-10H2,1H3,(H,16,19). The summed E-state index contributed by atoms with van der Waals surface area (Å²) in [6.45, 7) is 1.63. The number of nitrogens with one attached hydrogen (secondary N) is 2. The van der Waals surface area contributed by atoms with Crippen molar-refractivity contribution in [3.8, 4) is 0 Å². The topological polar surface area (TPSA) is 61.4 Å². The molecule has 1 aliphatic carbocycles. The first-order valence-corrected chi connectivity index (χ1v) is 6.90. The Kier molecular flexibility index (Phi) is 4.93. The third-order valence-corrected chi connectivity index (χ3v) is 3.80. The van der Waals surface area contributed by atoms with Crippen molar-refractivity contribution in [1.29, 1.82) is 0 Å². The number of rotatable bonds is 5. The predicted molar refractivity (Wildman–Crippen MR) is 74.9 cm³/mol. The number of amides is 1. The highest BCUT2D eigenvalue weighted by Gasteiger charge is 2.24. The molecular weight excluding hydrogens is 240 g/mol. The summed E-state index contributed by atoms with van der Waals surface area (Å²) in [4.78, 5) is 11.4. The van der Waals surface area contributed by atoms with E-state index in [1.165, 1.54) is 0 Å². The summed E-state index contributed by atoms with van der Waals surface area (Å²) in [5, 5.41) is 15.7. The van der Waals surface area contributed by atoms with E-state index in [1.54, 1.807) is 7.05 Å². The van der Waals surface area contributed by atoms with Crippen LogP contribution in [0, 0.1) is 5.92 Å². The average Bonchev–Trinajstić information content (AvgIpc) is 2.84. The summed E-state index contributed by atoms with van der Waals surface area (Å²) >= 11 is 0. The van der Waals surface area contributed by atoms with Crippen molar-refractivity contribution >= 4 is 5.91 Å². The molecule has 1 aromatic carbocycles. The Balaban J connectivity index is 1.78. The van der Waals surface area contributed by atoms with Crippen LogP contribution in [0.3, 0.4) is 0 Å². The Hall–Kier alpha value is -1.39. The fourth-order valence-corrected chi connectivity index (χ4v) is 2.58. The highest BCUT2D eigenvalue weighted by atomic mass is 16.3. The predicted octanol–water partition coefficient (Wildman–Crippen LogP) is 1.30. The number of hydrogen-bond donors (Lipinski definition) is 3. The third-order valence-electron chi connectivity index (χ3n) is 3.80. The summed E-state index contributed by atoms with van der Waals surface area (Å²) in [7, 11) is 1.63. The van der Waals surface area contributed by atoms with Crippen molar-refractivity contribution in [1.82, 2.24) is 10.6 Å². The molecule has 2 rings (SSSR count). The van der Waals surface area contributed by atoms with Crippen LogP contribution < -0.4 is 10.6 Å². The molecular formula is C15H22N2O2. The lowest BCUT2D eigenvalue weighted by molar-refractivity contribution is 0.0963. The zero-order valence-electron chi connectivity index (χ0n) is 11.4. The van der Waals surface area contributed by atoms with E-state index in [-0.39, 0.29) is 12.0 Å². The van der Waals surface area contributed by atoms with Gasteiger partial charge in [0, 0.05) is 25.7 Å². The lowest BCUT2D eigenvalue weighted by Crippen LogP contribution is -2.27. The van der Waals surface area contributed by atoms with Gasteiger partial charge in [-0.15, -0.1) is 0 Å². The Morgan fingerprint density at radius 2 is 2.05 bits per heavy atom. The van der Waals surface area contributed by atoms with Gasteiger partial charge in [-0.2, -0.15) is 0 Å². The lowest BCUT2D eigenvalue weighted by atomic mass is 10.1. The Morgan fingerprint density at radius 3 is 2.63 bits per heavy atom. The van der Waals surface area contributed by atoms with Crippen LogP contribution in [0.15, 0.2) is 24.3 Å². The number of hydrogen-bond acceptors (Lipinski definition) is 3. The van der Waals surface area contributed by atoms with Gasteiger partial charge in [0.1, 0.15) is 0 Å². The molecule has 0 aromatic heterocycles. The number of aliphatic hydroxyl groups excluding tert-OH is 1. The maximum atomic E-state index is 11.4. The molecule has 0 bridgehead atoms. The Bertz CT molecular complexity index is 417. The molecule has 0 radical (unpaired) electrons. The zero-order chi connectivity index (χ0) is 13.7. The SMILES string of the molecule is CNC(=O)c1ccc(CNCC2CCCC2O)cc1. The number of benzene rings is 1. The van der Waals surface area contributed by atoms with Crippen molar-refractivity contribution in [2.45, 2.75) is 31.9 Å². The molecule has 19 heavy (non-hydrogen) atoms. The highest BCUT2D eigenvalue weighted by Crippen LogP contribution is 2.24. The van der Waals surface area contributed by atoms with E-state index in [2.05, 4.69) is 10.6 Å². The second-order valence-corrected chi connectivity index (χ2v) is 5.17. The molecule has 104 valence electrons. The summed E-state index contributed by atoms with van der Waals surface area (Å²) in [5.41, 5.74) is 1.83. The van der Waals surface area contributed by atoms with E-state index < -0.39 is 0 Å². The van der Waals surface area contributed by atoms with Crippen molar-refractivity contribution in [2.75, 3.05) is 13.6 Å². The summed E-state index contributed by atoms with van der Waals surface area (Å²) in [5.74, 6) is 0.332. The van der Waals surface area contributed by atoms with Gasteiger partial charge < -0.3 is 15.7 Å². The number of carbonyl (C=O) groups excluding carboxylic acids is 1. The first-order valence-electron chi connectivity index (χ1n) is 6.90. The van der Waals surface area contributed by atoms with Gasteiger partial charge in [0.2, 0.25) is 0 Å². The summed E-state index contributed by atoms with van der Waals surface area (Å²) in [6, 6.07) is 7.59. The first kappa shape index (κ1) is 14.0. The van der Waals surface area contributed by atoms with Crippen molar-refractivity contribution in [3.63, 3.8) is 0 Å². The molecule has 4 nitrogen and oxygen atoms in total. The molecule has 0 aliphatic heterocycles. The molecule has 1 fully saturated rings. The smallest absolute Gasteiger partial charge is 0.251 e. The third kappa shape index (κ3) is 3.78. The van der Waals surface area contributed by atoms with E-state index in [4.69, 9.17) is 0 Å². The van der Waals surface area contributed by atoms with E-state index in [0.717, 1.165) is 37.9 Å².